The van der Waals surface area contributed by atoms with E-state index >= 15 is 0 Å². The topological polar surface area (TPSA) is 0 Å². The SMILES string of the molecule is CC1CCC2C(CCC3CC(C)C(C)CC32)C1. The van der Waals surface area contributed by atoms with Crippen molar-refractivity contribution in [2.45, 2.75) is 65.7 Å². The lowest BCUT2D eigenvalue weighted by Gasteiger charge is -2.51. The van der Waals surface area contributed by atoms with Crippen molar-refractivity contribution in [1.29, 1.82) is 0 Å². The highest BCUT2D eigenvalue weighted by molar-refractivity contribution is 4.94. The summed E-state index contributed by atoms with van der Waals surface area (Å²) in [5.74, 6) is 7.47. The fraction of sp³-hybridized carbons (Fsp3) is 1.00. The first-order valence-electron chi connectivity index (χ1n) is 8.15. The first kappa shape index (κ1) is 12.1. The highest BCUT2D eigenvalue weighted by Crippen LogP contribution is 2.54. The molecule has 3 aliphatic rings. The largest absolute Gasteiger partial charge is 0.0625 e. The van der Waals surface area contributed by atoms with E-state index in [4.69, 9.17) is 0 Å². The molecule has 3 rings (SSSR count). The second-order valence-corrected chi connectivity index (χ2v) is 7.77. The van der Waals surface area contributed by atoms with Gasteiger partial charge in [-0.15, -0.1) is 0 Å². The Morgan fingerprint density at radius 1 is 0.588 bits per heavy atom. The minimum absolute atomic E-state index is 0.995. The minimum atomic E-state index is 0.995. The third kappa shape index (κ3) is 2.17. The Morgan fingerprint density at radius 3 is 2.00 bits per heavy atom. The van der Waals surface area contributed by atoms with Gasteiger partial charge in [0.25, 0.3) is 0 Å². The van der Waals surface area contributed by atoms with Crippen LogP contribution in [0.3, 0.4) is 0 Å². The van der Waals surface area contributed by atoms with Crippen molar-refractivity contribution in [3.05, 3.63) is 0 Å². The number of fused-ring (bicyclic) bond motifs is 3. The van der Waals surface area contributed by atoms with E-state index in [1.165, 1.54) is 6.42 Å². The Labute approximate surface area is 108 Å². The fourth-order valence-electron chi connectivity index (χ4n) is 5.44. The third-order valence-corrected chi connectivity index (χ3v) is 6.66. The maximum absolute atomic E-state index is 2.51. The van der Waals surface area contributed by atoms with Crippen molar-refractivity contribution in [2.75, 3.05) is 0 Å². The summed E-state index contributed by atoms with van der Waals surface area (Å²) in [6.07, 6.45) is 10.9. The highest BCUT2D eigenvalue weighted by Gasteiger charge is 2.44. The first-order valence-corrected chi connectivity index (χ1v) is 8.15. The van der Waals surface area contributed by atoms with Crippen LogP contribution >= 0.6 is 0 Å². The van der Waals surface area contributed by atoms with Crippen molar-refractivity contribution >= 4 is 0 Å². The lowest BCUT2D eigenvalue weighted by molar-refractivity contribution is -0.0152. The van der Waals surface area contributed by atoms with Gasteiger partial charge in [0.15, 0.2) is 0 Å². The van der Waals surface area contributed by atoms with E-state index in [0.29, 0.717) is 0 Å². The molecule has 0 N–H and O–H groups in total. The molecule has 0 spiro atoms. The molecular weight excluding hydrogens is 204 g/mol. The smallest absolute Gasteiger partial charge is 0.0352 e. The second kappa shape index (κ2) is 4.59. The van der Waals surface area contributed by atoms with Gasteiger partial charge in [-0.3, -0.25) is 0 Å². The van der Waals surface area contributed by atoms with Crippen molar-refractivity contribution in [1.82, 2.24) is 0 Å². The summed E-state index contributed by atoms with van der Waals surface area (Å²) in [4.78, 5) is 0. The quantitative estimate of drug-likeness (QED) is 0.545. The molecule has 0 nitrogen and oxygen atoms in total. The van der Waals surface area contributed by atoms with Gasteiger partial charge in [-0.25, -0.2) is 0 Å². The van der Waals surface area contributed by atoms with E-state index in [2.05, 4.69) is 20.8 Å². The molecule has 0 radical (unpaired) electrons. The van der Waals surface area contributed by atoms with Crippen LogP contribution in [0.1, 0.15) is 65.7 Å². The van der Waals surface area contributed by atoms with E-state index in [-0.39, 0.29) is 0 Å². The van der Waals surface area contributed by atoms with Crippen molar-refractivity contribution in [3.63, 3.8) is 0 Å². The van der Waals surface area contributed by atoms with E-state index in [9.17, 15) is 0 Å². The molecule has 3 fully saturated rings. The molecule has 0 amide bonds. The maximum Gasteiger partial charge on any atom is -0.0352 e. The Bertz CT molecular complexity index is 269. The van der Waals surface area contributed by atoms with Crippen LogP contribution in [0.4, 0.5) is 0 Å². The van der Waals surface area contributed by atoms with Gasteiger partial charge in [0.2, 0.25) is 0 Å². The van der Waals surface area contributed by atoms with Crippen molar-refractivity contribution < 1.29 is 0 Å². The van der Waals surface area contributed by atoms with Gasteiger partial charge in [0, 0.05) is 0 Å². The summed E-state index contributed by atoms with van der Waals surface area (Å²) in [5, 5.41) is 0. The predicted molar refractivity (Wildman–Crippen MR) is 73.8 cm³/mol. The normalized spacial score (nSPS) is 54.9. The van der Waals surface area contributed by atoms with Gasteiger partial charge in [-0.1, -0.05) is 27.2 Å². The van der Waals surface area contributed by atoms with Crippen LogP contribution in [0.2, 0.25) is 0 Å². The molecule has 0 bridgehead atoms. The van der Waals surface area contributed by atoms with Crippen LogP contribution in [0, 0.1) is 41.4 Å². The van der Waals surface area contributed by atoms with Gasteiger partial charge < -0.3 is 0 Å². The standard InChI is InChI=1S/C17H30/c1-11-4-7-16-14(8-11)5-6-15-9-12(2)13(3)10-17(15)16/h11-17H,4-10H2,1-3H3. The van der Waals surface area contributed by atoms with Crippen LogP contribution in [-0.4, -0.2) is 0 Å². The van der Waals surface area contributed by atoms with Gasteiger partial charge in [-0.2, -0.15) is 0 Å². The molecule has 0 aliphatic heterocycles. The second-order valence-electron chi connectivity index (χ2n) is 7.77. The fourth-order valence-corrected chi connectivity index (χ4v) is 5.44. The van der Waals surface area contributed by atoms with E-state index in [0.717, 1.165) is 41.4 Å². The Balaban J connectivity index is 1.73. The number of rotatable bonds is 0. The Morgan fingerprint density at radius 2 is 1.24 bits per heavy atom. The maximum atomic E-state index is 2.51. The molecule has 7 unspecified atom stereocenters. The Kier molecular flexibility index (Phi) is 3.26. The zero-order chi connectivity index (χ0) is 12.0. The molecule has 0 saturated heterocycles. The average Bonchev–Trinajstić information content (AvgIpc) is 2.30. The monoisotopic (exact) mass is 234 g/mol. The lowest BCUT2D eigenvalue weighted by atomic mass is 9.54. The van der Waals surface area contributed by atoms with Crippen LogP contribution in [0.25, 0.3) is 0 Å². The van der Waals surface area contributed by atoms with Crippen LogP contribution in [-0.2, 0) is 0 Å². The molecule has 3 aliphatic carbocycles. The molecule has 0 heterocycles. The van der Waals surface area contributed by atoms with E-state index in [1.54, 1.807) is 38.5 Å². The highest BCUT2D eigenvalue weighted by atomic mass is 14.5. The van der Waals surface area contributed by atoms with Crippen molar-refractivity contribution in [3.8, 4) is 0 Å². The lowest BCUT2D eigenvalue weighted by Crippen LogP contribution is -2.42. The molecule has 0 aromatic heterocycles. The van der Waals surface area contributed by atoms with E-state index < -0.39 is 0 Å². The Hall–Kier alpha value is 0. The summed E-state index contributed by atoms with van der Waals surface area (Å²) in [5.41, 5.74) is 0. The van der Waals surface area contributed by atoms with E-state index in [1.807, 2.05) is 0 Å². The third-order valence-electron chi connectivity index (χ3n) is 6.66. The van der Waals surface area contributed by atoms with Crippen molar-refractivity contribution in [2.24, 2.45) is 41.4 Å². The molecule has 17 heavy (non-hydrogen) atoms. The van der Waals surface area contributed by atoms with Crippen LogP contribution < -0.4 is 0 Å². The summed E-state index contributed by atoms with van der Waals surface area (Å²) < 4.78 is 0. The van der Waals surface area contributed by atoms with Gasteiger partial charge in [0.05, 0.1) is 0 Å². The number of hydrogen-bond acceptors (Lipinski definition) is 0. The van der Waals surface area contributed by atoms with Gasteiger partial charge in [-0.05, 0) is 80.0 Å². The molecule has 3 saturated carbocycles. The summed E-state index contributed by atoms with van der Waals surface area (Å²) in [7, 11) is 0. The number of hydrogen-bond donors (Lipinski definition) is 0. The zero-order valence-corrected chi connectivity index (χ0v) is 12.0. The van der Waals surface area contributed by atoms with Crippen LogP contribution in [0.15, 0.2) is 0 Å². The van der Waals surface area contributed by atoms with Gasteiger partial charge in [0.1, 0.15) is 0 Å². The summed E-state index contributed by atoms with van der Waals surface area (Å²) in [6.45, 7) is 7.49. The predicted octanol–water partition coefficient (Wildman–Crippen LogP) is 5.13. The summed E-state index contributed by atoms with van der Waals surface area (Å²) in [6, 6.07) is 0. The molecule has 0 heteroatoms. The molecule has 98 valence electrons. The molecule has 0 aromatic rings. The van der Waals surface area contributed by atoms with Crippen LogP contribution in [0.5, 0.6) is 0 Å². The summed E-state index contributed by atoms with van der Waals surface area (Å²) >= 11 is 0. The minimum Gasteiger partial charge on any atom is -0.0625 e. The average molecular weight is 234 g/mol. The molecular formula is C17H30. The molecule has 7 atom stereocenters. The first-order chi connectivity index (χ1) is 8.15. The molecule has 0 aromatic carbocycles. The zero-order valence-electron chi connectivity index (χ0n) is 12.0. The van der Waals surface area contributed by atoms with Gasteiger partial charge >= 0.3 is 0 Å².